The van der Waals surface area contributed by atoms with E-state index in [1.165, 1.54) is 5.56 Å². The van der Waals surface area contributed by atoms with Crippen LogP contribution in [0.5, 0.6) is 0 Å². The Labute approximate surface area is 110 Å². The van der Waals surface area contributed by atoms with Crippen LogP contribution >= 0.6 is 11.6 Å². The standard InChI is InChI=1S/C13H18ClNOS/c1-15(13-5-7-17(16)8-6-13)10-11-3-2-4-12(14)9-11/h2-4,9,13H,5-8,10H2,1H3. The highest BCUT2D eigenvalue weighted by Gasteiger charge is 2.21. The molecule has 0 unspecified atom stereocenters. The van der Waals surface area contributed by atoms with Gasteiger partial charge < -0.3 is 0 Å². The first kappa shape index (κ1) is 13.1. The Morgan fingerprint density at radius 3 is 2.76 bits per heavy atom. The van der Waals surface area contributed by atoms with Crippen molar-refractivity contribution in [3.05, 3.63) is 34.9 Å². The van der Waals surface area contributed by atoms with E-state index in [1.54, 1.807) is 0 Å². The lowest BCUT2D eigenvalue weighted by Gasteiger charge is -2.30. The molecule has 1 saturated heterocycles. The van der Waals surface area contributed by atoms with Crippen LogP contribution in [0.15, 0.2) is 24.3 Å². The van der Waals surface area contributed by atoms with Crippen molar-refractivity contribution in [2.75, 3.05) is 18.6 Å². The number of hydrogen-bond acceptors (Lipinski definition) is 2. The maximum Gasteiger partial charge on any atom is 0.0409 e. The topological polar surface area (TPSA) is 20.3 Å². The van der Waals surface area contributed by atoms with Gasteiger partial charge >= 0.3 is 0 Å². The average Bonchev–Trinajstić information content (AvgIpc) is 2.29. The molecular weight excluding hydrogens is 254 g/mol. The summed E-state index contributed by atoms with van der Waals surface area (Å²) in [4.78, 5) is 2.35. The van der Waals surface area contributed by atoms with Crippen LogP contribution in [0, 0.1) is 0 Å². The molecule has 0 N–H and O–H groups in total. The van der Waals surface area contributed by atoms with Gasteiger partial charge in [0.2, 0.25) is 0 Å². The van der Waals surface area contributed by atoms with Crippen molar-refractivity contribution in [2.45, 2.75) is 25.4 Å². The SMILES string of the molecule is CN(Cc1cccc(Cl)c1)C1CCS(=O)CC1. The van der Waals surface area contributed by atoms with Gasteiger partial charge in [0.1, 0.15) is 0 Å². The summed E-state index contributed by atoms with van der Waals surface area (Å²) in [7, 11) is 1.56. The Morgan fingerprint density at radius 2 is 2.12 bits per heavy atom. The van der Waals surface area contributed by atoms with Crippen LogP contribution < -0.4 is 0 Å². The zero-order valence-corrected chi connectivity index (χ0v) is 11.6. The molecule has 1 aliphatic heterocycles. The minimum Gasteiger partial charge on any atom is -0.299 e. The van der Waals surface area contributed by atoms with Gasteiger partial charge in [0.25, 0.3) is 0 Å². The molecule has 0 radical (unpaired) electrons. The molecule has 2 nitrogen and oxygen atoms in total. The van der Waals surface area contributed by atoms with Crippen molar-refractivity contribution >= 4 is 22.4 Å². The molecule has 17 heavy (non-hydrogen) atoms. The normalized spacial score (nSPS) is 25.1. The van der Waals surface area contributed by atoms with E-state index in [9.17, 15) is 4.21 Å². The average molecular weight is 272 g/mol. The monoisotopic (exact) mass is 271 g/mol. The third kappa shape index (κ3) is 3.80. The van der Waals surface area contributed by atoms with Gasteiger partial charge in [0, 0.05) is 39.9 Å². The first-order valence-electron chi connectivity index (χ1n) is 5.95. The molecule has 1 aliphatic rings. The van der Waals surface area contributed by atoms with Gasteiger partial charge in [-0.15, -0.1) is 0 Å². The summed E-state index contributed by atoms with van der Waals surface area (Å²) in [6, 6.07) is 8.56. The Morgan fingerprint density at radius 1 is 1.41 bits per heavy atom. The summed E-state index contributed by atoms with van der Waals surface area (Å²) in [5.41, 5.74) is 1.24. The number of hydrogen-bond donors (Lipinski definition) is 0. The minimum absolute atomic E-state index is 0.562. The lowest BCUT2D eigenvalue weighted by atomic mass is 10.1. The molecule has 1 aromatic rings. The van der Waals surface area contributed by atoms with Crippen LogP contribution in [0.4, 0.5) is 0 Å². The highest BCUT2D eigenvalue weighted by molar-refractivity contribution is 7.85. The van der Waals surface area contributed by atoms with Crippen LogP contribution in [0.2, 0.25) is 5.02 Å². The number of rotatable bonds is 3. The molecule has 1 fully saturated rings. The van der Waals surface area contributed by atoms with Gasteiger partial charge in [-0.1, -0.05) is 23.7 Å². The maximum absolute atomic E-state index is 11.3. The van der Waals surface area contributed by atoms with Crippen LogP contribution in [-0.2, 0) is 17.3 Å². The van der Waals surface area contributed by atoms with Crippen LogP contribution in [0.1, 0.15) is 18.4 Å². The summed E-state index contributed by atoms with van der Waals surface area (Å²) < 4.78 is 11.3. The van der Waals surface area contributed by atoms with E-state index < -0.39 is 10.8 Å². The second-order valence-corrected chi connectivity index (χ2v) is 6.76. The van der Waals surface area contributed by atoms with E-state index in [-0.39, 0.29) is 0 Å². The maximum atomic E-state index is 11.3. The first-order valence-corrected chi connectivity index (χ1v) is 7.81. The smallest absolute Gasteiger partial charge is 0.0409 e. The van der Waals surface area contributed by atoms with E-state index in [2.05, 4.69) is 18.0 Å². The zero-order chi connectivity index (χ0) is 12.3. The fraction of sp³-hybridized carbons (Fsp3) is 0.538. The van der Waals surface area contributed by atoms with E-state index in [0.717, 1.165) is 35.9 Å². The predicted octanol–water partition coefficient (Wildman–Crippen LogP) is 2.68. The van der Waals surface area contributed by atoms with Gasteiger partial charge in [-0.25, -0.2) is 0 Å². The van der Waals surface area contributed by atoms with Gasteiger partial charge in [-0.05, 0) is 37.6 Å². The predicted molar refractivity (Wildman–Crippen MR) is 73.8 cm³/mol. The van der Waals surface area contributed by atoms with E-state index in [0.29, 0.717) is 6.04 Å². The van der Waals surface area contributed by atoms with Crippen LogP contribution in [-0.4, -0.2) is 33.7 Å². The van der Waals surface area contributed by atoms with Crippen molar-refractivity contribution < 1.29 is 4.21 Å². The summed E-state index contributed by atoms with van der Waals surface area (Å²) in [6.07, 6.45) is 2.09. The Hall–Kier alpha value is -0.380. The van der Waals surface area contributed by atoms with Crippen molar-refractivity contribution in [1.29, 1.82) is 0 Å². The van der Waals surface area contributed by atoms with Crippen molar-refractivity contribution in [3.8, 4) is 0 Å². The lowest BCUT2D eigenvalue weighted by molar-refractivity contribution is 0.220. The Balaban J connectivity index is 1.92. The molecule has 0 bridgehead atoms. The Bertz CT molecular complexity index is 400. The largest absolute Gasteiger partial charge is 0.299 e. The molecule has 1 aromatic carbocycles. The highest BCUT2D eigenvalue weighted by atomic mass is 35.5. The first-order chi connectivity index (χ1) is 8.15. The Kier molecular flexibility index (Phi) is 4.60. The fourth-order valence-electron chi connectivity index (χ4n) is 2.27. The van der Waals surface area contributed by atoms with Crippen molar-refractivity contribution in [3.63, 3.8) is 0 Å². The molecule has 4 heteroatoms. The molecule has 0 saturated carbocycles. The van der Waals surface area contributed by atoms with E-state index in [4.69, 9.17) is 11.6 Å². The van der Waals surface area contributed by atoms with Crippen LogP contribution in [0.3, 0.4) is 0 Å². The third-order valence-corrected chi connectivity index (χ3v) is 4.92. The molecule has 94 valence electrons. The zero-order valence-electron chi connectivity index (χ0n) is 10.1. The molecule has 1 heterocycles. The molecule has 0 aromatic heterocycles. The number of halogens is 1. The number of nitrogens with zero attached hydrogens (tertiary/aromatic N) is 1. The van der Waals surface area contributed by atoms with Gasteiger partial charge in [0.15, 0.2) is 0 Å². The molecule has 2 rings (SSSR count). The second-order valence-electron chi connectivity index (χ2n) is 4.62. The van der Waals surface area contributed by atoms with Gasteiger partial charge in [0.05, 0.1) is 0 Å². The summed E-state index contributed by atoms with van der Waals surface area (Å²) >= 11 is 5.97. The molecule has 0 atom stereocenters. The minimum atomic E-state index is -0.575. The highest BCUT2D eigenvalue weighted by Crippen LogP contribution is 2.18. The summed E-state index contributed by atoms with van der Waals surface area (Å²) in [5, 5.41) is 0.792. The second kappa shape index (κ2) is 5.98. The fourth-order valence-corrected chi connectivity index (χ4v) is 3.76. The molecule has 0 spiro atoms. The van der Waals surface area contributed by atoms with Crippen molar-refractivity contribution in [2.24, 2.45) is 0 Å². The van der Waals surface area contributed by atoms with E-state index in [1.807, 2.05) is 18.2 Å². The van der Waals surface area contributed by atoms with Crippen molar-refractivity contribution in [1.82, 2.24) is 4.90 Å². The molecule has 0 aliphatic carbocycles. The van der Waals surface area contributed by atoms with Gasteiger partial charge in [-0.2, -0.15) is 0 Å². The summed E-state index contributed by atoms with van der Waals surface area (Å²) in [5.74, 6) is 1.70. The molecule has 0 amide bonds. The van der Waals surface area contributed by atoms with Crippen LogP contribution in [0.25, 0.3) is 0 Å². The van der Waals surface area contributed by atoms with Gasteiger partial charge in [-0.3, -0.25) is 9.11 Å². The lowest BCUT2D eigenvalue weighted by Crippen LogP contribution is -2.36. The van der Waals surface area contributed by atoms with E-state index >= 15 is 0 Å². The molecular formula is C13H18ClNOS. The summed E-state index contributed by atoms with van der Waals surface area (Å²) in [6.45, 7) is 0.915. The number of benzene rings is 1. The quantitative estimate of drug-likeness (QED) is 0.843. The third-order valence-electron chi connectivity index (χ3n) is 3.30.